The summed E-state index contributed by atoms with van der Waals surface area (Å²) in [7, 11) is 0. The quantitative estimate of drug-likeness (QED) is 0.715. The lowest BCUT2D eigenvalue weighted by molar-refractivity contribution is -0.130. The first kappa shape index (κ1) is 18.4. The Hall–Kier alpha value is -2.41. The Morgan fingerprint density at radius 2 is 1.88 bits per heavy atom. The Kier molecular flexibility index (Phi) is 5.27. The van der Waals surface area contributed by atoms with Crippen molar-refractivity contribution in [3.8, 4) is 0 Å². The van der Waals surface area contributed by atoms with Crippen molar-refractivity contribution < 1.29 is 14.3 Å². The van der Waals surface area contributed by atoms with E-state index in [9.17, 15) is 9.59 Å². The fraction of sp³-hybridized carbons (Fsp3) is 0.316. The third-order valence-corrected chi connectivity index (χ3v) is 4.83. The van der Waals surface area contributed by atoms with Crippen LogP contribution in [0, 0.1) is 0 Å². The molecule has 7 heteroatoms. The largest absolute Gasteiger partial charge is 0.445 e. The molecule has 0 saturated carbocycles. The second kappa shape index (κ2) is 7.45. The van der Waals surface area contributed by atoms with Gasteiger partial charge in [-0.1, -0.05) is 36.4 Å². The molecule has 0 atom stereocenters. The minimum absolute atomic E-state index is 0.178. The molecule has 0 bridgehead atoms. The average molecular weight is 418 g/mol. The summed E-state index contributed by atoms with van der Waals surface area (Å²) in [6.45, 7) is 4.37. The number of halogens is 1. The van der Waals surface area contributed by atoms with Crippen LogP contribution in [0.5, 0.6) is 0 Å². The predicted octanol–water partition coefficient (Wildman–Crippen LogP) is 3.61. The summed E-state index contributed by atoms with van der Waals surface area (Å²) in [5, 5.41) is 0. The molecule has 1 aliphatic heterocycles. The summed E-state index contributed by atoms with van der Waals surface area (Å²) >= 11 is 3.32. The van der Waals surface area contributed by atoms with Crippen molar-refractivity contribution in [3.05, 3.63) is 58.7 Å². The zero-order chi connectivity index (χ0) is 18.7. The van der Waals surface area contributed by atoms with Crippen molar-refractivity contribution in [1.29, 1.82) is 0 Å². The van der Waals surface area contributed by atoms with Crippen molar-refractivity contribution in [2.75, 3.05) is 18.0 Å². The highest BCUT2D eigenvalue weighted by Gasteiger charge is 2.45. The molecule has 136 valence electrons. The number of nitrogens with zero attached hydrogens (tertiary/aromatic N) is 3. The Bertz CT molecular complexity index is 811. The zero-order valence-electron chi connectivity index (χ0n) is 14.7. The highest BCUT2D eigenvalue weighted by molar-refractivity contribution is 9.10. The first-order chi connectivity index (χ1) is 12.4. The molecule has 0 radical (unpaired) electrons. The molecule has 3 rings (SSSR count). The molecule has 1 aromatic heterocycles. The highest BCUT2D eigenvalue weighted by atomic mass is 79.9. The summed E-state index contributed by atoms with van der Waals surface area (Å²) in [5.41, 5.74) is -0.113. The number of carbonyl (C=O) groups excluding carboxylic acids is 2. The summed E-state index contributed by atoms with van der Waals surface area (Å²) < 4.78 is 6.06. The van der Waals surface area contributed by atoms with Crippen LogP contribution >= 0.6 is 15.9 Å². The van der Waals surface area contributed by atoms with Gasteiger partial charge in [-0.15, -0.1) is 0 Å². The number of piperazine rings is 1. The highest BCUT2D eigenvalue weighted by Crippen LogP contribution is 2.27. The number of ether oxygens (including phenoxy) is 1. The lowest BCUT2D eigenvalue weighted by Crippen LogP contribution is -2.65. The van der Waals surface area contributed by atoms with Crippen LogP contribution < -0.4 is 4.90 Å². The number of hydrogen-bond acceptors (Lipinski definition) is 4. The van der Waals surface area contributed by atoms with Gasteiger partial charge in [0.1, 0.15) is 22.6 Å². The number of rotatable bonds is 3. The molecule has 26 heavy (non-hydrogen) atoms. The van der Waals surface area contributed by atoms with Gasteiger partial charge in [-0.05, 0) is 47.5 Å². The number of pyridine rings is 1. The Morgan fingerprint density at radius 3 is 2.58 bits per heavy atom. The van der Waals surface area contributed by atoms with Gasteiger partial charge in [0.05, 0.1) is 0 Å². The minimum Gasteiger partial charge on any atom is -0.445 e. The Labute approximate surface area is 160 Å². The van der Waals surface area contributed by atoms with Crippen molar-refractivity contribution in [3.63, 3.8) is 0 Å². The maximum absolute atomic E-state index is 13.0. The normalized spacial score (nSPS) is 16.5. The fourth-order valence-electron chi connectivity index (χ4n) is 2.91. The van der Waals surface area contributed by atoms with E-state index in [4.69, 9.17) is 4.74 Å². The maximum atomic E-state index is 13.0. The summed E-state index contributed by atoms with van der Waals surface area (Å²) in [4.78, 5) is 32.9. The molecule has 2 heterocycles. The maximum Gasteiger partial charge on any atom is 0.411 e. The molecule has 0 aliphatic carbocycles. The molecule has 1 fully saturated rings. The molecule has 2 amide bonds. The van der Waals surface area contributed by atoms with Crippen molar-refractivity contribution in [2.24, 2.45) is 0 Å². The first-order valence-electron chi connectivity index (χ1n) is 8.32. The van der Waals surface area contributed by atoms with Crippen molar-refractivity contribution >= 4 is 33.7 Å². The van der Waals surface area contributed by atoms with E-state index >= 15 is 0 Å². The van der Waals surface area contributed by atoms with E-state index in [1.807, 2.05) is 36.4 Å². The van der Waals surface area contributed by atoms with Crippen molar-refractivity contribution in [2.45, 2.75) is 26.0 Å². The SMILES string of the molecule is CC1(C)C(=O)N(c2cccc(Br)n2)CCN1C(=O)OCc1ccccc1. The smallest absolute Gasteiger partial charge is 0.411 e. The first-order valence-corrected chi connectivity index (χ1v) is 9.12. The number of benzene rings is 1. The van der Waals surface area contributed by atoms with E-state index in [2.05, 4.69) is 20.9 Å². The lowest BCUT2D eigenvalue weighted by atomic mass is 9.98. The van der Waals surface area contributed by atoms with Gasteiger partial charge in [0, 0.05) is 13.1 Å². The van der Waals surface area contributed by atoms with Gasteiger partial charge in [0.25, 0.3) is 5.91 Å². The monoisotopic (exact) mass is 417 g/mol. The molecular formula is C19H20BrN3O3. The van der Waals surface area contributed by atoms with E-state index in [0.29, 0.717) is 23.5 Å². The van der Waals surface area contributed by atoms with Crippen molar-refractivity contribution in [1.82, 2.24) is 9.88 Å². The van der Waals surface area contributed by atoms with E-state index in [1.54, 1.807) is 30.9 Å². The summed E-state index contributed by atoms with van der Waals surface area (Å²) in [5.74, 6) is 0.376. The molecule has 2 aromatic rings. The third-order valence-electron chi connectivity index (χ3n) is 4.39. The average Bonchev–Trinajstić information content (AvgIpc) is 2.63. The number of aromatic nitrogens is 1. The molecule has 1 aliphatic rings. The molecule has 0 unspecified atom stereocenters. The van der Waals surface area contributed by atoms with E-state index in [0.717, 1.165) is 5.56 Å². The van der Waals surface area contributed by atoms with E-state index < -0.39 is 11.6 Å². The van der Waals surface area contributed by atoms with Gasteiger partial charge in [0.15, 0.2) is 0 Å². The molecular weight excluding hydrogens is 398 g/mol. The van der Waals surface area contributed by atoms with E-state index in [1.165, 1.54) is 4.90 Å². The summed E-state index contributed by atoms with van der Waals surface area (Å²) in [6, 6.07) is 14.9. The van der Waals surface area contributed by atoms with Crippen LogP contribution in [0.15, 0.2) is 53.1 Å². The number of hydrogen-bond donors (Lipinski definition) is 0. The van der Waals surface area contributed by atoms with Gasteiger partial charge < -0.3 is 4.74 Å². The Morgan fingerprint density at radius 1 is 1.15 bits per heavy atom. The fourth-order valence-corrected chi connectivity index (χ4v) is 3.24. The molecule has 0 N–H and O–H groups in total. The Balaban J connectivity index is 1.71. The molecule has 0 spiro atoms. The van der Waals surface area contributed by atoms with Gasteiger partial charge in [-0.3, -0.25) is 14.6 Å². The number of amides is 2. The minimum atomic E-state index is -1.02. The lowest BCUT2D eigenvalue weighted by Gasteiger charge is -2.44. The topological polar surface area (TPSA) is 62.7 Å². The van der Waals surface area contributed by atoms with Gasteiger partial charge in [0.2, 0.25) is 0 Å². The second-order valence-electron chi connectivity index (χ2n) is 6.53. The number of carbonyl (C=O) groups is 2. The molecule has 6 nitrogen and oxygen atoms in total. The predicted molar refractivity (Wildman–Crippen MR) is 102 cm³/mol. The zero-order valence-corrected chi connectivity index (χ0v) is 16.3. The molecule has 1 aromatic carbocycles. The van der Waals surface area contributed by atoms with Crippen LogP contribution in [0.3, 0.4) is 0 Å². The third kappa shape index (κ3) is 3.72. The van der Waals surface area contributed by atoms with Crippen LogP contribution in [0.4, 0.5) is 10.6 Å². The van der Waals surface area contributed by atoms with Gasteiger partial charge in [-0.25, -0.2) is 9.78 Å². The van der Waals surface area contributed by atoms with Crippen LogP contribution in [0.25, 0.3) is 0 Å². The summed E-state index contributed by atoms with van der Waals surface area (Å²) in [6.07, 6.45) is -0.492. The van der Waals surface area contributed by atoms with E-state index in [-0.39, 0.29) is 12.5 Å². The second-order valence-corrected chi connectivity index (χ2v) is 7.34. The molecule has 1 saturated heterocycles. The van der Waals surface area contributed by atoms with Gasteiger partial charge in [-0.2, -0.15) is 0 Å². The van der Waals surface area contributed by atoms with Crippen LogP contribution in [-0.4, -0.2) is 40.5 Å². The standard InChI is InChI=1S/C19H20BrN3O3/c1-19(2)17(24)22(16-10-6-9-15(20)21-16)11-12-23(19)18(25)26-13-14-7-4-3-5-8-14/h3-10H,11-13H2,1-2H3. The van der Waals surface area contributed by atoms with Crippen LogP contribution in [-0.2, 0) is 16.1 Å². The van der Waals surface area contributed by atoms with Crippen LogP contribution in [0.1, 0.15) is 19.4 Å². The number of anilines is 1. The van der Waals surface area contributed by atoms with Gasteiger partial charge >= 0.3 is 6.09 Å². The van der Waals surface area contributed by atoms with Crippen LogP contribution in [0.2, 0.25) is 0 Å².